The standard InChI is InChI=1S/C21H26F2N6OS/c1-10-7-14(16(22)23)29-20(25-10)26-17(28-29)18(30)27-19-13(9-24)12-6-5-11(21(2,3)4)8-15(12)31-19/h10-11,14,16H,5-8H2,1-4H3,(H,27,30)(H,25,26,28). The summed E-state index contributed by atoms with van der Waals surface area (Å²) < 4.78 is 27.9. The summed E-state index contributed by atoms with van der Waals surface area (Å²) in [6.45, 7) is 8.45. The van der Waals surface area contributed by atoms with Gasteiger partial charge in [0.05, 0.1) is 5.56 Å². The fourth-order valence-corrected chi connectivity index (χ4v) is 5.66. The van der Waals surface area contributed by atoms with Gasteiger partial charge in [-0.05, 0) is 49.5 Å². The molecule has 0 saturated heterocycles. The first-order chi connectivity index (χ1) is 14.6. The second-order valence-electron chi connectivity index (χ2n) is 9.47. The third-order valence-electron chi connectivity index (χ3n) is 6.24. The fraction of sp³-hybridized carbons (Fsp3) is 0.619. The largest absolute Gasteiger partial charge is 0.352 e. The van der Waals surface area contributed by atoms with Crippen molar-refractivity contribution in [3.05, 3.63) is 21.8 Å². The molecule has 0 bridgehead atoms. The van der Waals surface area contributed by atoms with E-state index in [0.717, 1.165) is 34.4 Å². The average Bonchev–Trinajstić information content (AvgIpc) is 3.26. The van der Waals surface area contributed by atoms with E-state index in [1.54, 1.807) is 6.92 Å². The summed E-state index contributed by atoms with van der Waals surface area (Å²) >= 11 is 1.42. The van der Waals surface area contributed by atoms with E-state index in [-0.39, 0.29) is 29.7 Å². The van der Waals surface area contributed by atoms with Crippen molar-refractivity contribution < 1.29 is 13.6 Å². The van der Waals surface area contributed by atoms with Gasteiger partial charge >= 0.3 is 0 Å². The summed E-state index contributed by atoms with van der Waals surface area (Å²) in [4.78, 5) is 18.1. The van der Waals surface area contributed by atoms with Gasteiger partial charge in [0.25, 0.3) is 12.3 Å². The predicted octanol–water partition coefficient (Wildman–Crippen LogP) is 4.62. The number of carbonyl (C=O) groups excluding carboxylic acids is 1. The molecule has 2 aliphatic rings. The monoisotopic (exact) mass is 448 g/mol. The molecule has 3 unspecified atom stereocenters. The topological polar surface area (TPSA) is 95.6 Å². The molecule has 1 amide bonds. The first-order valence-electron chi connectivity index (χ1n) is 10.5. The number of alkyl halides is 2. The van der Waals surface area contributed by atoms with Crippen LogP contribution in [0.5, 0.6) is 0 Å². The van der Waals surface area contributed by atoms with E-state index >= 15 is 0 Å². The molecule has 0 spiro atoms. The Bertz CT molecular complexity index is 1050. The molecule has 3 heterocycles. The second-order valence-corrected chi connectivity index (χ2v) is 10.6. The Balaban J connectivity index is 1.59. The first kappa shape index (κ1) is 21.7. The number of hydrogen-bond acceptors (Lipinski definition) is 6. The third kappa shape index (κ3) is 4.03. The maximum absolute atomic E-state index is 13.4. The molecule has 7 nitrogen and oxygen atoms in total. The van der Waals surface area contributed by atoms with E-state index in [2.05, 4.69) is 47.6 Å². The van der Waals surface area contributed by atoms with Crippen LogP contribution in [-0.2, 0) is 12.8 Å². The van der Waals surface area contributed by atoms with Crippen LogP contribution in [0.2, 0.25) is 0 Å². The zero-order valence-electron chi connectivity index (χ0n) is 18.0. The molecular formula is C21H26F2N6OS. The number of anilines is 2. The highest BCUT2D eigenvalue weighted by Gasteiger charge is 2.35. The van der Waals surface area contributed by atoms with Crippen molar-refractivity contribution in [1.29, 1.82) is 5.26 Å². The van der Waals surface area contributed by atoms with Crippen molar-refractivity contribution in [3.8, 4) is 6.07 Å². The zero-order chi connectivity index (χ0) is 22.5. The average molecular weight is 449 g/mol. The van der Waals surface area contributed by atoms with Gasteiger partial charge in [-0.3, -0.25) is 4.79 Å². The van der Waals surface area contributed by atoms with Gasteiger partial charge in [-0.15, -0.1) is 16.4 Å². The molecule has 0 radical (unpaired) electrons. The van der Waals surface area contributed by atoms with E-state index in [1.807, 2.05) is 0 Å². The van der Waals surface area contributed by atoms with E-state index in [4.69, 9.17) is 0 Å². The van der Waals surface area contributed by atoms with Crippen LogP contribution in [0.4, 0.5) is 19.7 Å². The normalized spacial score (nSPS) is 23.0. The minimum absolute atomic E-state index is 0.160. The maximum Gasteiger partial charge on any atom is 0.296 e. The van der Waals surface area contributed by atoms with E-state index < -0.39 is 18.4 Å². The van der Waals surface area contributed by atoms with Gasteiger partial charge in [-0.25, -0.2) is 13.5 Å². The van der Waals surface area contributed by atoms with Crippen LogP contribution in [0.15, 0.2) is 0 Å². The molecule has 0 saturated carbocycles. The maximum atomic E-state index is 13.4. The first-order valence-corrected chi connectivity index (χ1v) is 11.3. The zero-order valence-corrected chi connectivity index (χ0v) is 18.8. The lowest BCUT2D eigenvalue weighted by Gasteiger charge is -2.33. The van der Waals surface area contributed by atoms with Crippen LogP contribution in [0.25, 0.3) is 0 Å². The highest BCUT2D eigenvalue weighted by Crippen LogP contribution is 2.44. The van der Waals surface area contributed by atoms with Crippen molar-refractivity contribution in [3.63, 3.8) is 0 Å². The van der Waals surface area contributed by atoms with Gasteiger partial charge in [-0.1, -0.05) is 20.8 Å². The summed E-state index contributed by atoms with van der Waals surface area (Å²) in [7, 11) is 0. The van der Waals surface area contributed by atoms with Crippen LogP contribution in [-0.4, -0.2) is 33.1 Å². The van der Waals surface area contributed by atoms with E-state index in [9.17, 15) is 18.8 Å². The molecule has 0 fully saturated rings. The smallest absolute Gasteiger partial charge is 0.296 e. The van der Waals surface area contributed by atoms with E-state index in [1.165, 1.54) is 11.3 Å². The minimum Gasteiger partial charge on any atom is -0.352 e. The van der Waals surface area contributed by atoms with Crippen molar-refractivity contribution in [2.45, 2.75) is 71.9 Å². The summed E-state index contributed by atoms with van der Waals surface area (Å²) in [5, 5.41) is 20.0. The van der Waals surface area contributed by atoms with Crippen molar-refractivity contribution in [1.82, 2.24) is 14.8 Å². The van der Waals surface area contributed by atoms with Crippen LogP contribution < -0.4 is 10.6 Å². The van der Waals surface area contributed by atoms with Crippen LogP contribution in [0, 0.1) is 22.7 Å². The lowest BCUT2D eigenvalue weighted by Crippen LogP contribution is -2.33. The number of hydrogen-bond donors (Lipinski definition) is 2. The van der Waals surface area contributed by atoms with Crippen LogP contribution in [0.1, 0.15) is 73.2 Å². The van der Waals surface area contributed by atoms with Crippen LogP contribution in [0.3, 0.4) is 0 Å². The Labute approximate surface area is 183 Å². The Hall–Kier alpha value is -2.54. The number of halogens is 2. The number of thiophene rings is 1. The minimum atomic E-state index is -2.61. The number of rotatable bonds is 3. The Kier molecular flexibility index (Phi) is 5.50. The SMILES string of the molecule is CC1CC(C(F)F)n2nc(C(=O)Nc3sc4c(c3C#N)CCC(C(C)(C)C)C4)nc2N1. The predicted molar refractivity (Wildman–Crippen MR) is 115 cm³/mol. The van der Waals surface area contributed by atoms with Crippen molar-refractivity contribution in [2.75, 3.05) is 10.6 Å². The quantitative estimate of drug-likeness (QED) is 0.714. The third-order valence-corrected chi connectivity index (χ3v) is 7.41. The van der Waals surface area contributed by atoms with Crippen molar-refractivity contribution >= 4 is 28.2 Å². The van der Waals surface area contributed by atoms with Gasteiger partial charge in [0.1, 0.15) is 17.1 Å². The number of amides is 1. The molecule has 2 N–H and O–H groups in total. The summed E-state index contributed by atoms with van der Waals surface area (Å²) in [5.41, 5.74) is 1.67. The number of fused-ring (bicyclic) bond motifs is 2. The number of carbonyl (C=O) groups is 1. The molecular weight excluding hydrogens is 422 g/mol. The summed E-state index contributed by atoms with van der Waals surface area (Å²) in [6, 6.07) is 0.905. The van der Waals surface area contributed by atoms with E-state index in [0.29, 0.717) is 16.5 Å². The Morgan fingerprint density at radius 2 is 2.16 bits per heavy atom. The van der Waals surface area contributed by atoms with Gasteiger partial charge in [0.15, 0.2) is 0 Å². The lowest BCUT2D eigenvalue weighted by atomic mass is 9.72. The van der Waals surface area contributed by atoms with Gasteiger partial charge < -0.3 is 10.6 Å². The molecule has 0 aromatic carbocycles. The molecule has 31 heavy (non-hydrogen) atoms. The molecule has 3 atom stereocenters. The van der Waals surface area contributed by atoms with Gasteiger partial charge in [0, 0.05) is 10.9 Å². The summed E-state index contributed by atoms with van der Waals surface area (Å²) in [6.07, 6.45) is 0.277. The number of nitrogens with one attached hydrogen (secondary N) is 2. The molecule has 10 heteroatoms. The fourth-order valence-electron chi connectivity index (χ4n) is 4.39. The molecule has 1 aliphatic carbocycles. The number of aromatic nitrogens is 3. The molecule has 1 aliphatic heterocycles. The van der Waals surface area contributed by atoms with Crippen LogP contribution >= 0.6 is 11.3 Å². The number of nitriles is 1. The molecule has 2 aromatic heterocycles. The Morgan fingerprint density at radius 3 is 2.81 bits per heavy atom. The van der Waals surface area contributed by atoms with Gasteiger partial charge in [-0.2, -0.15) is 10.2 Å². The van der Waals surface area contributed by atoms with Crippen molar-refractivity contribution in [2.24, 2.45) is 11.3 Å². The number of nitrogens with zero attached hydrogens (tertiary/aromatic N) is 4. The highest BCUT2D eigenvalue weighted by molar-refractivity contribution is 7.16. The second kappa shape index (κ2) is 7.86. The molecule has 2 aromatic rings. The Morgan fingerprint density at radius 1 is 1.42 bits per heavy atom. The molecule has 4 rings (SSSR count). The lowest BCUT2D eigenvalue weighted by molar-refractivity contribution is 0.0662. The highest BCUT2D eigenvalue weighted by atomic mass is 32.1. The van der Waals surface area contributed by atoms with Gasteiger partial charge in [0.2, 0.25) is 11.8 Å². The summed E-state index contributed by atoms with van der Waals surface area (Å²) in [5.74, 6) is -0.125. The molecule has 166 valence electrons.